The van der Waals surface area contributed by atoms with Gasteiger partial charge >= 0.3 is 11.9 Å². The molecule has 0 aliphatic heterocycles. The molecule has 4 heteroatoms. The molecule has 0 fully saturated rings. The molecule has 0 spiro atoms. The van der Waals surface area contributed by atoms with E-state index in [0.29, 0.717) is 0 Å². The van der Waals surface area contributed by atoms with Crippen LogP contribution >= 0.6 is 0 Å². The molecular formula is C6H12O4. The van der Waals surface area contributed by atoms with Crippen molar-refractivity contribution in [2.24, 2.45) is 0 Å². The van der Waals surface area contributed by atoms with Gasteiger partial charge in [0.15, 0.2) is 0 Å². The SMILES string of the molecule is COC(C)(OC)OC(C)=O. The molecule has 60 valence electrons. The fourth-order valence-electron chi connectivity index (χ4n) is 0.428. The summed E-state index contributed by atoms with van der Waals surface area (Å²) in [6.45, 7) is 2.80. The van der Waals surface area contributed by atoms with Crippen LogP contribution in [0.5, 0.6) is 0 Å². The molecular weight excluding hydrogens is 136 g/mol. The van der Waals surface area contributed by atoms with E-state index < -0.39 is 11.9 Å². The molecule has 0 unspecified atom stereocenters. The molecule has 0 aliphatic rings. The maximum absolute atomic E-state index is 10.4. The van der Waals surface area contributed by atoms with Crippen LogP contribution in [0, 0.1) is 0 Å². The molecule has 0 rings (SSSR count). The predicted molar refractivity (Wildman–Crippen MR) is 34.2 cm³/mol. The quantitative estimate of drug-likeness (QED) is 0.432. The van der Waals surface area contributed by atoms with Crippen LogP contribution in [0.25, 0.3) is 0 Å². The largest absolute Gasteiger partial charge is 0.408 e. The second-order valence-corrected chi connectivity index (χ2v) is 1.86. The first-order valence-corrected chi connectivity index (χ1v) is 2.84. The van der Waals surface area contributed by atoms with Gasteiger partial charge in [-0.1, -0.05) is 0 Å². The molecule has 0 N–H and O–H groups in total. The van der Waals surface area contributed by atoms with Gasteiger partial charge in [0, 0.05) is 28.1 Å². The zero-order valence-corrected chi connectivity index (χ0v) is 6.63. The first-order valence-electron chi connectivity index (χ1n) is 2.84. The Morgan fingerprint density at radius 2 is 1.70 bits per heavy atom. The maximum Gasteiger partial charge on any atom is 0.325 e. The molecule has 0 aliphatic carbocycles. The molecule has 0 saturated heterocycles. The Balaban J connectivity index is 3.92. The van der Waals surface area contributed by atoms with E-state index in [0.717, 1.165) is 0 Å². The predicted octanol–water partition coefficient (Wildman–Crippen LogP) is 0.516. The molecule has 0 radical (unpaired) electrons. The van der Waals surface area contributed by atoms with E-state index in [1.54, 1.807) is 0 Å². The topological polar surface area (TPSA) is 44.8 Å². The first kappa shape index (κ1) is 9.39. The molecule has 0 bridgehead atoms. The van der Waals surface area contributed by atoms with E-state index in [1.165, 1.54) is 28.1 Å². The third-order valence-corrected chi connectivity index (χ3v) is 1.07. The molecule has 0 atom stereocenters. The lowest BCUT2D eigenvalue weighted by molar-refractivity contribution is -0.331. The van der Waals surface area contributed by atoms with Gasteiger partial charge in [-0.05, 0) is 0 Å². The van der Waals surface area contributed by atoms with Crippen LogP contribution in [0.1, 0.15) is 13.8 Å². The Bertz CT molecular complexity index is 117. The van der Waals surface area contributed by atoms with Gasteiger partial charge in [0.05, 0.1) is 0 Å². The number of esters is 1. The monoisotopic (exact) mass is 148 g/mol. The number of hydrogen-bond acceptors (Lipinski definition) is 4. The summed E-state index contributed by atoms with van der Waals surface area (Å²) in [6, 6.07) is 0. The van der Waals surface area contributed by atoms with Crippen molar-refractivity contribution in [3.63, 3.8) is 0 Å². The Hall–Kier alpha value is -0.610. The van der Waals surface area contributed by atoms with Crippen LogP contribution < -0.4 is 0 Å². The highest BCUT2D eigenvalue weighted by Crippen LogP contribution is 2.10. The van der Waals surface area contributed by atoms with Crippen molar-refractivity contribution < 1.29 is 19.0 Å². The number of hydrogen-bond donors (Lipinski definition) is 0. The summed E-state index contributed by atoms with van der Waals surface area (Å²) >= 11 is 0. The van der Waals surface area contributed by atoms with Crippen molar-refractivity contribution in [1.82, 2.24) is 0 Å². The van der Waals surface area contributed by atoms with E-state index in [-0.39, 0.29) is 0 Å². The lowest BCUT2D eigenvalue weighted by Gasteiger charge is -2.24. The van der Waals surface area contributed by atoms with Crippen LogP contribution in [-0.4, -0.2) is 26.2 Å². The average Bonchev–Trinajstić information content (AvgIpc) is 1.87. The summed E-state index contributed by atoms with van der Waals surface area (Å²) in [5.74, 6) is -1.68. The first-order chi connectivity index (χ1) is 4.54. The molecule has 0 heterocycles. The Kier molecular flexibility index (Phi) is 3.32. The molecule has 0 saturated carbocycles. The standard InChI is InChI=1S/C6H12O4/c1-5(7)10-6(2,8-3)9-4/h1-4H3. The molecule has 0 aromatic carbocycles. The highest BCUT2D eigenvalue weighted by molar-refractivity contribution is 5.66. The van der Waals surface area contributed by atoms with E-state index in [2.05, 4.69) is 4.74 Å². The van der Waals surface area contributed by atoms with Crippen LogP contribution in [0.4, 0.5) is 0 Å². The summed E-state index contributed by atoms with van der Waals surface area (Å²) in [4.78, 5) is 10.4. The van der Waals surface area contributed by atoms with E-state index in [1.807, 2.05) is 0 Å². The van der Waals surface area contributed by atoms with Gasteiger partial charge in [-0.15, -0.1) is 0 Å². The van der Waals surface area contributed by atoms with Gasteiger partial charge in [0.25, 0.3) is 0 Å². The van der Waals surface area contributed by atoms with E-state index >= 15 is 0 Å². The lowest BCUT2D eigenvalue weighted by atomic mass is 10.6. The Morgan fingerprint density at radius 3 is 1.80 bits per heavy atom. The third kappa shape index (κ3) is 2.80. The van der Waals surface area contributed by atoms with Gasteiger partial charge in [0.1, 0.15) is 0 Å². The van der Waals surface area contributed by atoms with Gasteiger partial charge in [-0.3, -0.25) is 4.79 Å². The molecule has 0 aromatic heterocycles. The smallest absolute Gasteiger partial charge is 0.325 e. The van der Waals surface area contributed by atoms with Crippen molar-refractivity contribution in [3.05, 3.63) is 0 Å². The van der Waals surface area contributed by atoms with Crippen molar-refractivity contribution in [2.75, 3.05) is 14.2 Å². The van der Waals surface area contributed by atoms with Crippen molar-refractivity contribution >= 4 is 5.97 Å². The van der Waals surface area contributed by atoms with Gasteiger partial charge < -0.3 is 14.2 Å². The molecule has 0 amide bonds. The zero-order valence-electron chi connectivity index (χ0n) is 6.63. The zero-order chi connectivity index (χ0) is 8.20. The fourth-order valence-corrected chi connectivity index (χ4v) is 0.428. The summed E-state index contributed by atoms with van der Waals surface area (Å²) in [6.07, 6.45) is 0. The van der Waals surface area contributed by atoms with Crippen molar-refractivity contribution in [2.45, 2.75) is 19.8 Å². The number of carbonyl (C=O) groups excluding carboxylic acids is 1. The summed E-state index contributed by atoms with van der Waals surface area (Å²) in [5.41, 5.74) is 0. The van der Waals surface area contributed by atoms with E-state index in [9.17, 15) is 4.79 Å². The molecule has 0 aromatic rings. The van der Waals surface area contributed by atoms with Crippen molar-refractivity contribution in [1.29, 1.82) is 0 Å². The minimum atomic E-state index is -1.24. The van der Waals surface area contributed by atoms with Crippen molar-refractivity contribution in [3.8, 4) is 0 Å². The van der Waals surface area contributed by atoms with Crippen LogP contribution in [0.2, 0.25) is 0 Å². The summed E-state index contributed by atoms with van der Waals surface area (Å²) < 4.78 is 14.1. The van der Waals surface area contributed by atoms with Crippen LogP contribution in [0.3, 0.4) is 0 Å². The Labute approximate surface area is 60.1 Å². The minimum Gasteiger partial charge on any atom is -0.408 e. The Morgan fingerprint density at radius 1 is 1.30 bits per heavy atom. The second kappa shape index (κ2) is 3.53. The molecule has 10 heavy (non-hydrogen) atoms. The normalized spacial score (nSPS) is 11.2. The molecule has 4 nitrogen and oxygen atoms in total. The van der Waals surface area contributed by atoms with Gasteiger partial charge in [-0.2, -0.15) is 0 Å². The number of ether oxygens (including phenoxy) is 3. The summed E-state index contributed by atoms with van der Waals surface area (Å²) in [7, 11) is 2.79. The van der Waals surface area contributed by atoms with Crippen LogP contribution in [0.15, 0.2) is 0 Å². The second-order valence-electron chi connectivity index (χ2n) is 1.86. The summed E-state index contributed by atoms with van der Waals surface area (Å²) in [5, 5.41) is 0. The maximum atomic E-state index is 10.4. The lowest BCUT2D eigenvalue weighted by Crippen LogP contribution is -2.34. The average molecular weight is 148 g/mol. The van der Waals surface area contributed by atoms with E-state index in [4.69, 9.17) is 9.47 Å². The van der Waals surface area contributed by atoms with Crippen LogP contribution in [-0.2, 0) is 19.0 Å². The third-order valence-electron chi connectivity index (χ3n) is 1.07. The number of carbonyl (C=O) groups is 1. The number of rotatable bonds is 3. The minimum absolute atomic E-state index is 0.439. The number of methoxy groups -OCH3 is 2. The van der Waals surface area contributed by atoms with Gasteiger partial charge in [0.2, 0.25) is 0 Å². The van der Waals surface area contributed by atoms with Gasteiger partial charge in [-0.25, -0.2) is 0 Å². The fraction of sp³-hybridized carbons (Fsp3) is 0.833. The highest BCUT2D eigenvalue weighted by atomic mass is 16.9. The highest BCUT2D eigenvalue weighted by Gasteiger charge is 2.25.